The lowest BCUT2D eigenvalue weighted by Gasteiger charge is -2.09. The topological polar surface area (TPSA) is 145 Å². The summed E-state index contributed by atoms with van der Waals surface area (Å²) in [5.74, 6) is -1.05. The molecule has 7 rings (SSSR count). The number of aromatic nitrogens is 3. The fourth-order valence-electron chi connectivity index (χ4n) is 6.11. The Morgan fingerprint density at radius 2 is 1.65 bits per heavy atom. The van der Waals surface area contributed by atoms with Crippen LogP contribution in [0.1, 0.15) is 58.4 Å². The summed E-state index contributed by atoms with van der Waals surface area (Å²) in [5.41, 5.74) is 5.14. The molecular weight excluding hydrogens is 623 g/mol. The van der Waals surface area contributed by atoms with E-state index in [2.05, 4.69) is 25.7 Å². The van der Waals surface area contributed by atoms with E-state index in [9.17, 15) is 19.1 Å². The third-order valence-electron chi connectivity index (χ3n) is 8.56. The number of fused-ring (bicyclic) bond motifs is 3. The quantitative estimate of drug-likeness (QED) is 0.0858. The number of H-pyrrole nitrogens is 2. The minimum Gasteiger partial charge on any atom is -0.494 e. The Labute approximate surface area is 280 Å². The Hall–Kier alpha value is -6.10. The number of hydrogen-bond donors (Lipinski definition) is 4. The molecule has 4 aromatic carbocycles. The van der Waals surface area contributed by atoms with E-state index in [0.717, 1.165) is 47.8 Å². The number of unbranched alkanes of at least 4 members (excludes halogenated alkanes) is 3. The Morgan fingerprint density at radius 3 is 2.53 bits per heavy atom. The summed E-state index contributed by atoms with van der Waals surface area (Å²) in [4.78, 5) is 38.5. The first kappa shape index (κ1) is 31.5. The molecule has 0 atom stereocenters. The van der Waals surface area contributed by atoms with Crippen molar-refractivity contribution in [1.82, 2.24) is 20.5 Å². The SMILES string of the molecule is O=C(NCCCCCCO/N=C1/C(c2c(O)[nH]c3ccccc23)=Nc2ccccc21)c1cc(Cc2n[nH]c(=O)c3ccccc23)ccc1F. The molecule has 10 nitrogen and oxygen atoms in total. The number of carbonyl (C=O) groups excluding carboxylic acids is 1. The largest absolute Gasteiger partial charge is 0.494 e. The van der Waals surface area contributed by atoms with Crippen LogP contribution in [0.3, 0.4) is 0 Å². The van der Waals surface area contributed by atoms with Crippen LogP contribution in [0, 0.1) is 5.82 Å². The summed E-state index contributed by atoms with van der Waals surface area (Å²) in [7, 11) is 0. The second kappa shape index (κ2) is 13.9. The summed E-state index contributed by atoms with van der Waals surface area (Å²) in [6, 6.07) is 26.9. The molecule has 0 spiro atoms. The Bertz CT molecular complexity index is 2310. The van der Waals surface area contributed by atoms with E-state index in [0.29, 0.717) is 58.6 Å². The number of hydrogen-bond acceptors (Lipinski definition) is 7. The van der Waals surface area contributed by atoms with Gasteiger partial charge in [0, 0.05) is 34.8 Å². The summed E-state index contributed by atoms with van der Waals surface area (Å²) in [6.45, 7) is 0.797. The molecule has 1 amide bonds. The molecule has 0 unspecified atom stereocenters. The van der Waals surface area contributed by atoms with Crippen molar-refractivity contribution >= 4 is 44.7 Å². The number of nitrogens with one attached hydrogen (secondary N) is 3. The normalized spacial score (nSPS) is 13.2. The highest BCUT2D eigenvalue weighted by molar-refractivity contribution is 6.58. The van der Waals surface area contributed by atoms with Crippen molar-refractivity contribution in [1.29, 1.82) is 0 Å². The van der Waals surface area contributed by atoms with Crippen molar-refractivity contribution in [3.63, 3.8) is 0 Å². The standard InChI is InChI=1S/C38H33FN6O4/c39-29-18-17-23(22-32-24-11-3-4-12-25(24)37(47)44-43-32)21-28(29)36(46)40-19-9-1-2-10-20-49-45-34-27-14-6-8-16-31(27)41-35(34)33-26-13-5-7-15-30(26)42-38(33)48/h3-8,11-18,21,42,48H,1-2,9-10,19-20,22H2,(H,40,46)(H,44,47)/b45-34+. The van der Waals surface area contributed by atoms with Crippen LogP contribution >= 0.6 is 0 Å². The van der Waals surface area contributed by atoms with E-state index in [1.165, 1.54) is 12.1 Å². The van der Waals surface area contributed by atoms with E-state index in [1.807, 2.05) is 60.7 Å². The molecule has 4 N–H and O–H groups in total. The average Bonchev–Trinajstić information content (AvgIpc) is 3.65. The smallest absolute Gasteiger partial charge is 0.272 e. The molecule has 1 aliphatic heterocycles. The molecule has 0 saturated heterocycles. The summed E-state index contributed by atoms with van der Waals surface area (Å²) >= 11 is 0. The van der Waals surface area contributed by atoms with Gasteiger partial charge in [-0.05, 0) is 55.2 Å². The molecule has 2 aromatic heterocycles. The zero-order chi connectivity index (χ0) is 33.7. The van der Waals surface area contributed by atoms with Crippen molar-refractivity contribution in [2.45, 2.75) is 32.1 Å². The van der Waals surface area contributed by atoms with Crippen LogP contribution in [0.15, 0.2) is 106 Å². The molecule has 3 heterocycles. The van der Waals surface area contributed by atoms with Gasteiger partial charge in [-0.25, -0.2) is 14.5 Å². The van der Waals surface area contributed by atoms with Gasteiger partial charge in [0.15, 0.2) is 5.88 Å². The predicted octanol–water partition coefficient (Wildman–Crippen LogP) is 6.69. The lowest BCUT2D eigenvalue weighted by atomic mass is 10.0. The number of benzene rings is 4. The highest BCUT2D eigenvalue weighted by atomic mass is 19.1. The van der Waals surface area contributed by atoms with Gasteiger partial charge in [0.1, 0.15) is 23.8 Å². The number of carbonyl (C=O) groups is 1. The number of rotatable bonds is 12. The molecule has 0 aliphatic carbocycles. The van der Waals surface area contributed by atoms with Crippen molar-refractivity contribution in [2.24, 2.45) is 10.1 Å². The van der Waals surface area contributed by atoms with Crippen LogP contribution in [0.4, 0.5) is 10.1 Å². The Kier molecular flexibility index (Phi) is 8.96. The van der Waals surface area contributed by atoms with Gasteiger partial charge in [0.2, 0.25) is 0 Å². The molecular formula is C38H33FN6O4. The van der Waals surface area contributed by atoms with Gasteiger partial charge in [-0.1, -0.05) is 72.2 Å². The number of nitrogens with zero attached hydrogens (tertiary/aromatic N) is 3. The number of aliphatic imine (C=N–C) groups is 1. The Balaban J connectivity index is 0.895. The van der Waals surface area contributed by atoms with Gasteiger partial charge in [-0.2, -0.15) is 5.10 Å². The minimum absolute atomic E-state index is 0.0276. The number of halogens is 1. The second-order valence-corrected chi connectivity index (χ2v) is 11.9. The molecule has 0 bridgehead atoms. The maximum absolute atomic E-state index is 14.6. The zero-order valence-electron chi connectivity index (χ0n) is 26.5. The van der Waals surface area contributed by atoms with E-state index >= 15 is 0 Å². The average molecular weight is 657 g/mol. The number of aromatic amines is 2. The number of amides is 1. The van der Waals surface area contributed by atoms with E-state index in [-0.39, 0.29) is 17.0 Å². The molecule has 49 heavy (non-hydrogen) atoms. The summed E-state index contributed by atoms with van der Waals surface area (Å²) in [6.07, 6.45) is 3.50. The third-order valence-corrected chi connectivity index (χ3v) is 8.56. The van der Waals surface area contributed by atoms with E-state index < -0.39 is 11.7 Å². The first-order valence-corrected chi connectivity index (χ1v) is 16.2. The molecule has 246 valence electrons. The van der Waals surface area contributed by atoms with E-state index in [1.54, 1.807) is 18.2 Å². The maximum Gasteiger partial charge on any atom is 0.272 e. The molecule has 11 heteroatoms. The maximum atomic E-state index is 14.6. The fraction of sp³-hybridized carbons (Fsp3) is 0.184. The van der Waals surface area contributed by atoms with Crippen LogP contribution in [0.5, 0.6) is 5.88 Å². The summed E-state index contributed by atoms with van der Waals surface area (Å²) in [5, 5.41) is 26.8. The zero-order valence-corrected chi connectivity index (χ0v) is 26.5. The molecule has 0 fully saturated rings. The van der Waals surface area contributed by atoms with Gasteiger partial charge < -0.3 is 20.2 Å². The second-order valence-electron chi connectivity index (χ2n) is 11.9. The van der Waals surface area contributed by atoms with Crippen LogP contribution in [-0.4, -0.2) is 50.8 Å². The van der Waals surface area contributed by atoms with Crippen molar-refractivity contribution in [3.05, 3.63) is 135 Å². The van der Waals surface area contributed by atoms with Gasteiger partial charge in [0.05, 0.1) is 27.9 Å². The first-order valence-electron chi connectivity index (χ1n) is 16.2. The van der Waals surface area contributed by atoms with E-state index in [4.69, 9.17) is 9.83 Å². The van der Waals surface area contributed by atoms with Gasteiger partial charge in [-0.3, -0.25) is 9.59 Å². The monoisotopic (exact) mass is 656 g/mol. The molecule has 0 saturated carbocycles. The van der Waals surface area contributed by atoms with Crippen molar-refractivity contribution in [3.8, 4) is 5.88 Å². The van der Waals surface area contributed by atoms with Gasteiger partial charge in [0.25, 0.3) is 11.5 Å². The van der Waals surface area contributed by atoms with Crippen LogP contribution < -0.4 is 10.9 Å². The fourth-order valence-corrected chi connectivity index (χ4v) is 6.11. The van der Waals surface area contributed by atoms with Gasteiger partial charge >= 0.3 is 0 Å². The van der Waals surface area contributed by atoms with Crippen LogP contribution in [0.25, 0.3) is 21.7 Å². The molecule has 1 aliphatic rings. The first-order chi connectivity index (χ1) is 24.0. The molecule has 0 radical (unpaired) electrons. The lowest BCUT2D eigenvalue weighted by Crippen LogP contribution is -2.25. The minimum atomic E-state index is -0.600. The lowest BCUT2D eigenvalue weighted by molar-refractivity contribution is 0.0948. The highest BCUT2D eigenvalue weighted by Crippen LogP contribution is 2.35. The van der Waals surface area contributed by atoms with Gasteiger partial charge in [-0.15, -0.1) is 0 Å². The van der Waals surface area contributed by atoms with Crippen LogP contribution in [-0.2, 0) is 11.3 Å². The predicted molar refractivity (Wildman–Crippen MR) is 187 cm³/mol. The third kappa shape index (κ3) is 6.55. The Morgan fingerprint density at radius 1 is 0.898 bits per heavy atom. The number of oxime groups is 1. The van der Waals surface area contributed by atoms with Crippen molar-refractivity contribution in [2.75, 3.05) is 13.2 Å². The summed E-state index contributed by atoms with van der Waals surface area (Å²) < 4.78 is 14.6. The molecule has 6 aromatic rings. The number of para-hydroxylation sites is 2. The highest BCUT2D eigenvalue weighted by Gasteiger charge is 2.29. The number of aromatic hydroxyl groups is 1. The van der Waals surface area contributed by atoms with Crippen LogP contribution in [0.2, 0.25) is 0 Å². The van der Waals surface area contributed by atoms with Crippen molar-refractivity contribution < 1.29 is 19.1 Å².